The molecule has 0 saturated heterocycles. The van der Waals surface area contributed by atoms with Crippen molar-refractivity contribution in [1.82, 2.24) is 5.32 Å². The first-order valence-electron chi connectivity index (χ1n) is 4.92. The van der Waals surface area contributed by atoms with Crippen molar-refractivity contribution in [1.29, 1.82) is 0 Å². The highest BCUT2D eigenvalue weighted by atomic mass is 79.9. The number of carboxylic acids is 1. The summed E-state index contributed by atoms with van der Waals surface area (Å²) in [5.74, 6) is -0.899. The summed E-state index contributed by atoms with van der Waals surface area (Å²) in [4.78, 5) is 10.8. The summed E-state index contributed by atoms with van der Waals surface area (Å²) in [5, 5.41) is 12.2. The third-order valence-corrected chi connectivity index (χ3v) is 3.09. The standard InChI is InChI=1S/C11H12BrNO2/c12-10-5-7(6-13-8-2-3-8)1-4-9(10)11(14)15/h1,4-5,8,13H,2-3,6H2,(H,14,15). The molecule has 80 valence electrons. The van der Waals surface area contributed by atoms with Crippen molar-refractivity contribution >= 4 is 21.9 Å². The van der Waals surface area contributed by atoms with Crippen LogP contribution >= 0.6 is 15.9 Å². The van der Waals surface area contributed by atoms with E-state index in [1.54, 1.807) is 6.07 Å². The summed E-state index contributed by atoms with van der Waals surface area (Å²) in [5.41, 5.74) is 1.42. The highest BCUT2D eigenvalue weighted by Crippen LogP contribution is 2.21. The second kappa shape index (κ2) is 4.33. The maximum atomic E-state index is 10.8. The van der Waals surface area contributed by atoms with E-state index in [0.717, 1.165) is 12.1 Å². The highest BCUT2D eigenvalue weighted by Gasteiger charge is 2.20. The molecule has 0 radical (unpaired) electrons. The fourth-order valence-electron chi connectivity index (χ4n) is 1.39. The van der Waals surface area contributed by atoms with Gasteiger partial charge in [-0.15, -0.1) is 0 Å². The van der Waals surface area contributed by atoms with Crippen LogP contribution in [0.25, 0.3) is 0 Å². The summed E-state index contributed by atoms with van der Waals surface area (Å²) < 4.78 is 0.644. The van der Waals surface area contributed by atoms with E-state index in [9.17, 15) is 4.79 Å². The molecule has 0 unspecified atom stereocenters. The van der Waals surface area contributed by atoms with E-state index in [1.807, 2.05) is 12.1 Å². The summed E-state index contributed by atoms with van der Waals surface area (Å²) in [6.07, 6.45) is 2.52. The number of nitrogens with one attached hydrogen (secondary N) is 1. The molecule has 0 spiro atoms. The molecule has 0 bridgehead atoms. The Kier molecular flexibility index (Phi) is 3.07. The lowest BCUT2D eigenvalue weighted by Crippen LogP contribution is -2.15. The van der Waals surface area contributed by atoms with Crippen LogP contribution in [0.1, 0.15) is 28.8 Å². The number of hydrogen-bond acceptors (Lipinski definition) is 2. The molecule has 1 saturated carbocycles. The van der Waals surface area contributed by atoms with Gasteiger partial charge in [0.15, 0.2) is 0 Å². The van der Waals surface area contributed by atoms with E-state index in [4.69, 9.17) is 5.11 Å². The summed E-state index contributed by atoms with van der Waals surface area (Å²) in [6, 6.07) is 6.02. The number of benzene rings is 1. The Balaban J connectivity index is 2.06. The number of rotatable bonds is 4. The van der Waals surface area contributed by atoms with Crippen LogP contribution in [0.4, 0.5) is 0 Å². The van der Waals surface area contributed by atoms with Crippen LogP contribution in [0, 0.1) is 0 Å². The molecule has 1 aliphatic carbocycles. The van der Waals surface area contributed by atoms with Crippen molar-refractivity contribution < 1.29 is 9.90 Å². The van der Waals surface area contributed by atoms with Gasteiger partial charge in [0.2, 0.25) is 0 Å². The fourth-order valence-corrected chi connectivity index (χ4v) is 1.99. The summed E-state index contributed by atoms with van der Waals surface area (Å²) in [6.45, 7) is 0.809. The molecule has 15 heavy (non-hydrogen) atoms. The van der Waals surface area contributed by atoms with Crippen LogP contribution in [0.15, 0.2) is 22.7 Å². The zero-order chi connectivity index (χ0) is 10.8. The number of carboxylic acid groups (broad SMARTS) is 1. The van der Waals surface area contributed by atoms with Crippen LogP contribution in [0.3, 0.4) is 0 Å². The molecule has 3 nitrogen and oxygen atoms in total. The number of hydrogen-bond donors (Lipinski definition) is 2. The smallest absolute Gasteiger partial charge is 0.336 e. The first-order chi connectivity index (χ1) is 7.16. The second-order valence-electron chi connectivity index (χ2n) is 3.77. The normalized spacial score (nSPS) is 15.3. The first-order valence-corrected chi connectivity index (χ1v) is 5.71. The maximum Gasteiger partial charge on any atom is 0.336 e. The third-order valence-electron chi connectivity index (χ3n) is 2.44. The van der Waals surface area contributed by atoms with Gasteiger partial charge in [0.25, 0.3) is 0 Å². The minimum atomic E-state index is -0.899. The van der Waals surface area contributed by atoms with Crippen LogP contribution < -0.4 is 5.32 Å². The molecule has 2 N–H and O–H groups in total. The van der Waals surface area contributed by atoms with Crippen molar-refractivity contribution in [2.24, 2.45) is 0 Å². The van der Waals surface area contributed by atoms with Crippen molar-refractivity contribution in [3.8, 4) is 0 Å². The Hall–Kier alpha value is -0.870. The molecule has 0 amide bonds. The van der Waals surface area contributed by atoms with Gasteiger partial charge in [-0.2, -0.15) is 0 Å². The zero-order valence-electron chi connectivity index (χ0n) is 8.16. The van der Waals surface area contributed by atoms with Crippen molar-refractivity contribution in [3.05, 3.63) is 33.8 Å². The van der Waals surface area contributed by atoms with Gasteiger partial charge in [0.05, 0.1) is 5.56 Å². The zero-order valence-corrected chi connectivity index (χ0v) is 9.75. The minimum Gasteiger partial charge on any atom is -0.478 e. The molecule has 0 atom stereocenters. The second-order valence-corrected chi connectivity index (χ2v) is 4.63. The Morgan fingerprint density at radius 1 is 1.53 bits per heavy atom. The lowest BCUT2D eigenvalue weighted by Gasteiger charge is -2.05. The summed E-state index contributed by atoms with van der Waals surface area (Å²) >= 11 is 3.26. The van der Waals surface area contributed by atoms with Crippen molar-refractivity contribution in [2.45, 2.75) is 25.4 Å². The van der Waals surface area contributed by atoms with Crippen molar-refractivity contribution in [2.75, 3.05) is 0 Å². The van der Waals surface area contributed by atoms with Gasteiger partial charge in [0.1, 0.15) is 0 Å². The van der Waals surface area contributed by atoms with Crippen LogP contribution in [-0.2, 0) is 6.54 Å². The third kappa shape index (κ3) is 2.79. The van der Waals surface area contributed by atoms with Gasteiger partial charge >= 0.3 is 5.97 Å². The molecule has 2 rings (SSSR count). The lowest BCUT2D eigenvalue weighted by molar-refractivity contribution is 0.0696. The average Bonchev–Trinajstić information content (AvgIpc) is 2.97. The van der Waals surface area contributed by atoms with Gasteiger partial charge < -0.3 is 10.4 Å². The monoisotopic (exact) mass is 269 g/mol. The van der Waals surface area contributed by atoms with Crippen LogP contribution in [0.5, 0.6) is 0 Å². The Labute approximate surface area is 96.6 Å². The Morgan fingerprint density at radius 3 is 2.80 bits per heavy atom. The van der Waals surface area contributed by atoms with E-state index < -0.39 is 5.97 Å². The van der Waals surface area contributed by atoms with Gasteiger partial charge in [-0.1, -0.05) is 6.07 Å². The van der Waals surface area contributed by atoms with E-state index in [0.29, 0.717) is 16.1 Å². The predicted octanol–water partition coefficient (Wildman–Crippen LogP) is 2.40. The molecule has 0 heterocycles. The molecule has 1 aliphatic rings. The minimum absolute atomic E-state index is 0.310. The van der Waals surface area contributed by atoms with E-state index in [2.05, 4.69) is 21.2 Å². The van der Waals surface area contributed by atoms with E-state index >= 15 is 0 Å². The van der Waals surface area contributed by atoms with Crippen molar-refractivity contribution in [3.63, 3.8) is 0 Å². The molecule has 4 heteroatoms. The molecular formula is C11H12BrNO2. The SMILES string of the molecule is O=C(O)c1ccc(CNC2CC2)cc1Br. The van der Waals surface area contributed by atoms with E-state index in [-0.39, 0.29) is 0 Å². The van der Waals surface area contributed by atoms with Gasteiger partial charge in [0, 0.05) is 17.1 Å². The molecule has 0 aromatic heterocycles. The summed E-state index contributed by atoms with van der Waals surface area (Å²) in [7, 11) is 0. The Morgan fingerprint density at radius 2 is 2.27 bits per heavy atom. The predicted molar refractivity (Wildman–Crippen MR) is 61.0 cm³/mol. The molecule has 1 fully saturated rings. The number of carbonyl (C=O) groups is 1. The Bertz CT molecular complexity index is 388. The largest absolute Gasteiger partial charge is 0.478 e. The van der Waals surface area contributed by atoms with Crippen LogP contribution in [0.2, 0.25) is 0 Å². The van der Waals surface area contributed by atoms with Crippen LogP contribution in [-0.4, -0.2) is 17.1 Å². The quantitative estimate of drug-likeness (QED) is 0.883. The molecular weight excluding hydrogens is 258 g/mol. The maximum absolute atomic E-state index is 10.8. The lowest BCUT2D eigenvalue weighted by atomic mass is 10.1. The topological polar surface area (TPSA) is 49.3 Å². The van der Waals surface area contributed by atoms with Gasteiger partial charge in [-0.05, 0) is 46.5 Å². The van der Waals surface area contributed by atoms with E-state index in [1.165, 1.54) is 12.8 Å². The molecule has 1 aromatic rings. The molecule has 1 aromatic carbocycles. The number of aromatic carboxylic acids is 1. The first kappa shape index (κ1) is 10.6. The fraction of sp³-hybridized carbons (Fsp3) is 0.364. The highest BCUT2D eigenvalue weighted by molar-refractivity contribution is 9.10. The van der Waals surface area contributed by atoms with Gasteiger partial charge in [-0.3, -0.25) is 0 Å². The van der Waals surface area contributed by atoms with Gasteiger partial charge in [-0.25, -0.2) is 4.79 Å². The number of halogens is 1. The average molecular weight is 270 g/mol. The molecule has 0 aliphatic heterocycles.